The molecular formula is C16H22N2O2. The normalized spacial score (nSPS) is 22.9. The third kappa shape index (κ3) is 2.58. The van der Waals surface area contributed by atoms with Crippen LogP contribution in [-0.2, 0) is 11.2 Å². The highest BCUT2D eigenvalue weighted by Gasteiger charge is 2.35. The molecule has 0 aromatic heterocycles. The number of carbonyl (C=O) groups excluding carboxylic acids is 1. The van der Waals surface area contributed by atoms with Crippen LogP contribution in [0.25, 0.3) is 0 Å². The monoisotopic (exact) mass is 274 g/mol. The Morgan fingerprint density at radius 2 is 2.05 bits per heavy atom. The van der Waals surface area contributed by atoms with Crippen molar-refractivity contribution in [2.24, 2.45) is 0 Å². The Morgan fingerprint density at radius 1 is 1.25 bits per heavy atom. The minimum absolute atomic E-state index is 0.0790. The van der Waals surface area contributed by atoms with Crippen molar-refractivity contribution < 1.29 is 9.90 Å². The zero-order chi connectivity index (χ0) is 13.9. The van der Waals surface area contributed by atoms with Crippen molar-refractivity contribution in [3.8, 4) is 0 Å². The van der Waals surface area contributed by atoms with E-state index in [2.05, 4.69) is 16.3 Å². The molecule has 20 heavy (non-hydrogen) atoms. The van der Waals surface area contributed by atoms with Crippen molar-refractivity contribution >= 4 is 11.6 Å². The number of amides is 1. The standard InChI is InChI=1S/C16H22N2O2/c19-11-10-18(13-5-3-6-13)15-9-8-12-4-1-2-7-14(12)17-16(15)20/h1-2,4,7,13,15,19H,3,5-6,8-11H2,(H,17,20). The maximum absolute atomic E-state index is 12.5. The molecule has 1 amide bonds. The van der Waals surface area contributed by atoms with Crippen LogP contribution in [0.15, 0.2) is 24.3 Å². The molecule has 0 radical (unpaired) electrons. The van der Waals surface area contributed by atoms with Crippen LogP contribution in [0.2, 0.25) is 0 Å². The van der Waals surface area contributed by atoms with Gasteiger partial charge < -0.3 is 10.4 Å². The number of aryl methyl sites for hydroxylation is 1. The van der Waals surface area contributed by atoms with Crippen molar-refractivity contribution in [3.63, 3.8) is 0 Å². The molecule has 3 rings (SSSR count). The summed E-state index contributed by atoms with van der Waals surface area (Å²) < 4.78 is 0. The molecule has 0 bridgehead atoms. The molecule has 1 saturated carbocycles. The lowest BCUT2D eigenvalue weighted by Gasteiger charge is -2.41. The third-order valence-corrected chi connectivity index (χ3v) is 4.57. The minimum Gasteiger partial charge on any atom is -0.395 e. The molecule has 1 aliphatic heterocycles. The van der Waals surface area contributed by atoms with Crippen LogP contribution >= 0.6 is 0 Å². The molecule has 1 aromatic rings. The molecule has 0 spiro atoms. The quantitative estimate of drug-likeness (QED) is 0.880. The van der Waals surface area contributed by atoms with Gasteiger partial charge in [0.25, 0.3) is 0 Å². The maximum atomic E-state index is 12.5. The number of carbonyl (C=O) groups is 1. The molecule has 1 atom stereocenters. The molecule has 4 nitrogen and oxygen atoms in total. The molecule has 1 unspecified atom stereocenters. The van der Waals surface area contributed by atoms with Gasteiger partial charge in [-0.25, -0.2) is 0 Å². The fraction of sp³-hybridized carbons (Fsp3) is 0.562. The first kappa shape index (κ1) is 13.6. The zero-order valence-corrected chi connectivity index (χ0v) is 11.7. The van der Waals surface area contributed by atoms with E-state index >= 15 is 0 Å². The molecule has 2 aliphatic rings. The van der Waals surface area contributed by atoms with E-state index in [9.17, 15) is 9.90 Å². The predicted octanol–water partition coefficient (Wildman–Crippen LogP) is 1.79. The number of aliphatic hydroxyl groups excluding tert-OH is 1. The summed E-state index contributed by atoms with van der Waals surface area (Å²) in [4.78, 5) is 14.7. The summed E-state index contributed by atoms with van der Waals surface area (Å²) in [5.41, 5.74) is 2.15. The number of para-hydroxylation sites is 1. The third-order valence-electron chi connectivity index (χ3n) is 4.57. The van der Waals surface area contributed by atoms with Gasteiger partial charge in [0.2, 0.25) is 5.91 Å². The highest BCUT2D eigenvalue weighted by atomic mass is 16.3. The second-order valence-corrected chi connectivity index (χ2v) is 5.75. The summed E-state index contributed by atoms with van der Waals surface area (Å²) in [6.07, 6.45) is 5.28. The van der Waals surface area contributed by atoms with Gasteiger partial charge in [0.1, 0.15) is 0 Å². The number of rotatable bonds is 4. The number of hydrogen-bond acceptors (Lipinski definition) is 3. The average molecular weight is 274 g/mol. The van der Waals surface area contributed by atoms with Crippen LogP contribution in [0, 0.1) is 0 Å². The van der Waals surface area contributed by atoms with E-state index in [1.54, 1.807) is 0 Å². The second kappa shape index (κ2) is 5.94. The van der Waals surface area contributed by atoms with Crippen LogP contribution < -0.4 is 5.32 Å². The summed E-state index contributed by atoms with van der Waals surface area (Å²) in [5.74, 6) is 0.0790. The first-order valence-electron chi connectivity index (χ1n) is 7.55. The minimum atomic E-state index is -0.111. The fourth-order valence-electron chi connectivity index (χ4n) is 3.24. The topological polar surface area (TPSA) is 52.6 Å². The second-order valence-electron chi connectivity index (χ2n) is 5.75. The Morgan fingerprint density at radius 3 is 2.75 bits per heavy atom. The van der Waals surface area contributed by atoms with E-state index in [4.69, 9.17) is 0 Å². The van der Waals surface area contributed by atoms with E-state index in [-0.39, 0.29) is 18.6 Å². The highest BCUT2D eigenvalue weighted by molar-refractivity contribution is 5.96. The van der Waals surface area contributed by atoms with Gasteiger partial charge >= 0.3 is 0 Å². The van der Waals surface area contributed by atoms with Crippen LogP contribution in [0.3, 0.4) is 0 Å². The van der Waals surface area contributed by atoms with Gasteiger partial charge in [0.05, 0.1) is 12.6 Å². The van der Waals surface area contributed by atoms with Crippen molar-refractivity contribution in [2.75, 3.05) is 18.5 Å². The Bertz CT molecular complexity index is 485. The van der Waals surface area contributed by atoms with E-state index < -0.39 is 0 Å². The van der Waals surface area contributed by atoms with Gasteiger partial charge in [-0.05, 0) is 37.3 Å². The summed E-state index contributed by atoms with van der Waals surface area (Å²) in [6, 6.07) is 8.38. The molecule has 1 aliphatic carbocycles. The van der Waals surface area contributed by atoms with Crippen LogP contribution in [0.5, 0.6) is 0 Å². The summed E-state index contributed by atoms with van der Waals surface area (Å²) in [7, 11) is 0. The largest absolute Gasteiger partial charge is 0.395 e. The smallest absolute Gasteiger partial charge is 0.241 e. The SMILES string of the molecule is O=C1Nc2ccccc2CCC1N(CCO)C1CCC1. The number of fused-ring (bicyclic) bond motifs is 1. The molecule has 0 saturated heterocycles. The van der Waals surface area contributed by atoms with Gasteiger partial charge in [-0.3, -0.25) is 9.69 Å². The molecule has 1 aromatic carbocycles. The van der Waals surface area contributed by atoms with Crippen LogP contribution in [0.1, 0.15) is 31.2 Å². The van der Waals surface area contributed by atoms with Crippen molar-refractivity contribution in [1.82, 2.24) is 4.90 Å². The lowest BCUT2D eigenvalue weighted by molar-refractivity contribution is -0.123. The molecule has 4 heteroatoms. The Labute approximate surface area is 119 Å². The maximum Gasteiger partial charge on any atom is 0.241 e. The number of aliphatic hydroxyl groups is 1. The van der Waals surface area contributed by atoms with Crippen molar-refractivity contribution in [3.05, 3.63) is 29.8 Å². The summed E-state index contributed by atoms with van der Waals surface area (Å²) in [6.45, 7) is 0.715. The average Bonchev–Trinajstić information content (AvgIpc) is 2.54. The van der Waals surface area contributed by atoms with E-state index in [1.165, 1.54) is 12.0 Å². The zero-order valence-electron chi connectivity index (χ0n) is 11.7. The first-order valence-corrected chi connectivity index (χ1v) is 7.55. The van der Waals surface area contributed by atoms with Crippen molar-refractivity contribution in [1.29, 1.82) is 0 Å². The molecule has 1 fully saturated rings. The Balaban J connectivity index is 1.78. The van der Waals surface area contributed by atoms with Gasteiger partial charge in [-0.15, -0.1) is 0 Å². The Hall–Kier alpha value is -1.39. The van der Waals surface area contributed by atoms with Gasteiger partial charge in [0, 0.05) is 18.3 Å². The van der Waals surface area contributed by atoms with Crippen LogP contribution in [0.4, 0.5) is 5.69 Å². The number of hydrogen-bond donors (Lipinski definition) is 2. The molecule has 1 heterocycles. The number of nitrogens with zero attached hydrogens (tertiary/aromatic N) is 1. The van der Waals surface area contributed by atoms with Crippen molar-refractivity contribution in [2.45, 2.75) is 44.2 Å². The summed E-state index contributed by atoms with van der Waals surface area (Å²) >= 11 is 0. The van der Waals surface area contributed by atoms with E-state index in [1.807, 2.05) is 18.2 Å². The van der Waals surface area contributed by atoms with Crippen LogP contribution in [-0.4, -0.2) is 41.1 Å². The number of anilines is 1. The summed E-state index contributed by atoms with van der Waals surface area (Å²) in [5, 5.41) is 12.3. The van der Waals surface area contributed by atoms with Gasteiger partial charge in [-0.1, -0.05) is 24.6 Å². The lowest BCUT2D eigenvalue weighted by Crippen LogP contribution is -2.52. The lowest BCUT2D eigenvalue weighted by atomic mass is 9.89. The van der Waals surface area contributed by atoms with E-state index in [0.29, 0.717) is 12.6 Å². The highest BCUT2D eigenvalue weighted by Crippen LogP contribution is 2.30. The molecular weight excluding hydrogens is 252 g/mol. The molecule has 2 N–H and O–H groups in total. The number of nitrogens with one attached hydrogen (secondary N) is 1. The number of benzene rings is 1. The van der Waals surface area contributed by atoms with Gasteiger partial charge in [0.15, 0.2) is 0 Å². The fourth-order valence-corrected chi connectivity index (χ4v) is 3.24. The Kier molecular flexibility index (Phi) is 4.03. The molecule has 108 valence electrons. The first-order chi connectivity index (χ1) is 9.79. The predicted molar refractivity (Wildman–Crippen MR) is 78.6 cm³/mol. The van der Waals surface area contributed by atoms with E-state index in [0.717, 1.165) is 31.4 Å². The van der Waals surface area contributed by atoms with Gasteiger partial charge in [-0.2, -0.15) is 0 Å².